The quantitative estimate of drug-likeness (QED) is 0.635. The molecule has 0 atom stereocenters. The highest BCUT2D eigenvalue weighted by Gasteiger charge is 2.12. The van der Waals surface area contributed by atoms with Gasteiger partial charge in [0.25, 0.3) is 0 Å². The van der Waals surface area contributed by atoms with Gasteiger partial charge in [0.1, 0.15) is 5.75 Å². The molecular formula is C10H9ClOS2. The second kappa shape index (κ2) is 4.01. The fourth-order valence-electron chi connectivity index (χ4n) is 1.38. The molecular weight excluding hydrogens is 236 g/mol. The molecule has 0 bridgehead atoms. The lowest BCUT2D eigenvalue weighted by atomic mass is 10.2. The number of benzene rings is 1. The third-order valence-electron chi connectivity index (χ3n) is 2.06. The van der Waals surface area contributed by atoms with Gasteiger partial charge in [-0.25, -0.2) is 0 Å². The van der Waals surface area contributed by atoms with E-state index in [9.17, 15) is 5.11 Å². The molecule has 1 nitrogen and oxygen atoms in total. The Balaban J connectivity index is 2.77. The smallest absolute Gasteiger partial charge is 0.138 e. The van der Waals surface area contributed by atoms with Crippen molar-refractivity contribution in [1.29, 1.82) is 0 Å². The molecule has 4 heteroatoms. The predicted molar refractivity (Wildman–Crippen MR) is 64.8 cm³/mol. The molecule has 0 amide bonds. The van der Waals surface area contributed by atoms with Crippen LogP contribution >= 0.6 is 34.7 Å². The molecule has 1 N–H and O–H groups in total. The number of hydrogen-bond donors (Lipinski definition) is 1. The number of hydrogen-bond acceptors (Lipinski definition) is 3. The highest BCUT2D eigenvalue weighted by atomic mass is 35.5. The van der Waals surface area contributed by atoms with Gasteiger partial charge in [-0.15, -0.1) is 34.7 Å². The van der Waals surface area contributed by atoms with Crippen LogP contribution in [0.1, 0.15) is 4.88 Å². The summed E-state index contributed by atoms with van der Waals surface area (Å²) in [6.45, 7) is 0. The van der Waals surface area contributed by atoms with Crippen LogP contribution < -0.4 is 0 Å². The van der Waals surface area contributed by atoms with Crippen LogP contribution in [0, 0.1) is 0 Å². The van der Waals surface area contributed by atoms with Crippen molar-refractivity contribution in [3.8, 4) is 5.75 Å². The van der Waals surface area contributed by atoms with Crippen LogP contribution in [0.2, 0.25) is 0 Å². The van der Waals surface area contributed by atoms with E-state index < -0.39 is 0 Å². The van der Waals surface area contributed by atoms with Gasteiger partial charge in [-0.05, 0) is 18.4 Å². The second-order valence-electron chi connectivity index (χ2n) is 2.84. The summed E-state index contributed by atoms with van der Waals surface area (Å²) in [5, 5.41) is 10.7. The minimum Gasteiger partial charge on any atom is -0.506 e. The fraction of sp³-hybridized carbons (Fsp3) is 0.200. The monoisotopic (exact) mass is 244 g/mol. The van der Waals surface area contributed by atoms with Crippen molar-refractivity contribution >= 4 is 44.8 Å². The molecule has 1 heterocycles. The second-order valence-corrected chi connectivity index (χ2v) is 5.06. The van der Waals surface area contributed by atoms with Crippen LogP contribution in [0.3, 0.4) is 0 Å². The van der Waals surface area contributed by atoms with Crippen LogP contribution in [-0.4, -0.2) is 11.4 Å². The van der Waals surface area contributed by atoms with Crippen molar-refractivity contribution in [2.45, 2.75) is 10.8 Å². The molecule has 0 saturated carbocycles. The van der Waals surface area contributed by atoms with Crippen molar-refractivity contribution in [2.75, 3.05) is 6.26 Å². The van der Waals surface area contributed by atoms with Gasteiger partial charge >= 0.3 is 0 Å². The van der Waals surface area contributed by atoms with Crippen LogP contribution in [0.25, 0.3) is 10.1 Å². The normalized spacial score (nSPS) is 11.0. The average Bonchev–Trinajstić information content (AvgIpc) is 2.55. The topological polar surface area (TPSA) is 20.2 Å². The lowest BCUT2D eigenvalue weighted by Crippen LogP contribution is -1.70. The Bertz CT molecular complexity index is 464. The molecule has 0 saturated heterocycles. The highest BCUT2D eigenvalue weighted by molar-refractivity contribution is 7.99. The SMILES string of the molecule is CSc1cccc2c(O)c(CCl)sc12. The van der Waals surface area contributed by atoms with Crippen molar-refractivity contribution in [1.82, 2.24) is 0 Å². The lowest BCUT2D eigenvalue weighted by Gasteiger charge is -1.96. The molecule has 14 heavy (non-hydrogen) atoms. The van der Waals surface area contributed by atoms with Crippen LogP contribution in [0.15, 0.2) is 23.1 Å². The van der Waals surface area contributed by atoms with Gasteiger partial charge in [0, 0.05) is 10.3 Å². The number of rotatable bonds is 2. The molecule has 74 valence electrons. The summed E-state index contributed by atoms with van der Waals surface area (Å²) in [7, 11) is 0. The number of alkyl halides is 1. The van der Waals surface area contributed by atoms with E-state index in [-0.39, 0.29) is 0 Å². The van der Waals surface area contributed by atoms with Gasteiger partial charge < -0.3 is 5.11 Å². The Morgan fingerprint density at radius 1 is 1.50 bits per heavy atom. The molecule has 0 spiro atoms. The Morgan fingerprint density at radius 3 is 2.93 bits per heavy atom. The largest absolute Gasteiger partial charge is 0.506 e. The van der Waals surface area contributed by atoms with E-state index in [0.717, 1.165) is 15.0 Å². The van der Waals surface area contributed by atoms with Gasteiger partial charge in [-0.2, -0.15) is 0 Å². The summed E-state index contributed by atoms with van der Waals surface area (Å²) in [5.41, 5.74) is 0. The number of aromatic hydroxyl groups is 1. The van der Waals surface area contributed by atoms with Gasteiger partial charge in [0.15, 0.2) is 0 Å². The maximum absolute atomic E-state index is 9.83. The molecule has 0 unspecified atom stereocenters. The lowest BCUT2D eigenvalue weighted by molar-refractivity contribution is 0.479. The van der Waals surface area contributed by atoms with E-state index in [1.165, 1.54) is 4.90 Å². The van der Waals surface area contributed by atoms with Crippen LogP contribution in [0.4, 0.5) is 0 Å². The summed E-state index contributed by atoms with van der Waals surface area (Å²) in [6, 6.07) is 5.94. The van der Waals surface area contributed by atoms with Gasteiger partial charge in [0.2, 0.25) is 0 Å². The summed E-state index contributed by atoms with van der Waals surface area (Å²) >= 11 is 9.00. The Morgan fingerprint density at radius 2 is 2.29 bits per heavy atom. The molecule has 1 aromatic carbocycles. The predicted octanol–water partition coefficient (Wildman–Crippen LogP) is 4.07. The Kier molecular flexibility index (Phi) is 2.91. The number of fused-ring (bicyclic) bond motifs is 1. The van der Waals surface area contributed by atoms with E-state index in [0.29, 0.717) is 11.6 Å². The zero-order valence-corrected chi connectivity index (χ0v) is 9.97. The molecule has 0 radical (unpaired) electrons. The third-order valence-corrected chi connectivity index (χ3v) is 4.63. The zero-order valence-electron chi connectivity index (χ0n) is 7.58. The minimum absolute atomic E-state index is 0.343. The molecule has 1 aromatic heterocycles. The molecule has 2 rings (SSSR count). The van der Waals surface area contributed by atoms with Gasteiger partial charge in [-0.1, -0.05) is 6.07 Å². The first-order valence-corrected chi connectivity index (χ1v) is 6.68. The Labute approximate surface area is 95.7 Å². The van der Waals surface area contributed by atoms with Crippen LogP contribution in [-0.2, 0) is 5.88 Å². The number of halogens is 1. The minimum atomic E-state index is 0.343. The summed E-state index contributed by atoms with van der Waals surface area (Å²) in [4.78, 5) is 2.04. The van der Waals surface area contributed by atoms with Crippen molar-refractivity contribution in [3.05, 3.63) is 23.1 Å². The van der Waals surface area contributed by atoms with E-state index in [2.05, 4.69) is 6.07 Å². The molecule has 0 aliphatic rings. The van der Waals surface area contributed by atoms with E-state index >= 15 is 0 Å². The summed E-state index contributed by atoms with van der Waals surface area (Å²) < 4.78 is 1.13. The third kappa shape index (κ3) is 1.49. The maximum atomic E-state index is 9.83. The van der Waals surface area contributed by atoms with Gasteiger partial charge in [-0.3, -0.25) is 0 Å². The van der Waals surface area contributed by atoms with E-state index in [1.807, 2.05) is 18.4 Å². The summed E-state index contributed by atoms with van der Waals surface area (Å²) in [6.07, 6.45) is 2.03. The first-order chi connectivity index (χ1) is 6.77. The average molecular weight is 245 g/mol. The van der Waals surface area contributed by atoms with E-state index in [4.69, 9.17) is 11.6 Å². The molecule has 2 aromatic rings. The first-order valence-electron chi connectivity index (χ1n) is 4.11. The maximum Gasteiger partial charge on any atom is 0.138 e. The van der Waals surface area contributed by atoms with Crippen molar-refractivity contribution < 1.29 is 5.11 Å². The highest BCUT2D eigenvalue weighted by Crippen LogP contribution is 2.41. The van der Waals surface area contributed by atoms with E-state index in [1.54, 1.807) is 23.1 Å². The standard InChI is InChI=1S/C10H9ClOS2/c1-13-7-4-2-3-6-9(12)8(5-11)14-10(6)7/h2-4,12H,5H2,1H3. The number of thioether (sulfide) groups is 1. The fourth-order valence-corrected chi connectivity index (χ4v) is 3.51. The first kappa shape index (κ1) is 10.1. The van der Waals surface area contributed by atoms with Crippen molar-refractivity contribution in [3.63, 3.8) is 0 Å². The summed E-state index contributed by atoms with van der Waals surface area (Å²) in [5.74, 6) is 0.717. The molecule has 0 fully saturated rings. The Hall–Kier alpha value is -0.380. The van der Waals surface area contributed by atoms with Crippen molar-refractivity contribution in [2.24, 2.45) is 0 Å². The molecule has 0 aliphatic heterocycles. The van der Waals surface area contributed by atoms with Crippen LogP contribution in [0.5, 0.6) is 5.75 Å². The molecule has 0 aliphatic carbocycles. The van der Waals surface area contributed by atoms with Gasteiger partial charge in [0.05, 0.1) is 15.5 Å². The zero-order chi connectivity index (χ0) is 10.1. The number of thiophene rings is 1.